The summed E-state index contributed by atoms with van der Waals surface area (Å²) in [5.41, 5.74) is 3.82. The summed E-state index contributed by atoms with van der Waals surface area (Å²) in [5.74, 6) is 2.06. The Kier molecular flexibility index (Phi) is 8.52. The summed E-state index contributed by atoms with van der Waals surface area (Å²) in [6.45, 7) is 5.74. The largest absolute Gasteiger partial charge is 0.497 e. The van der Waals surface area contributed by atoms with Gasteiger partial charge in [0, 0.05) is 36.6 Å². The molecule has 0 bridgehead atoms. The van der Waals surface area contributed by atoms with Gasteiger partial charge >= 0.3 is 0 Å². The van der Waals surface area contributed by atoms with E-state index in [1.165, 1.54) is 0 Å². The minimum absolute atomic E-state index is 0.0729. The van der Waals surface area contributed by atoms with Crippen LogP contribution in [0.5, 0.6) is 17.2 Å². The molecule has 0 saturated carbocycles. The van der Waals surface area contributed by atoms with E-state index in [0.29, 0.717) is 18.0 Å². The SMILES string of the molecule is CCN(CCO)c1ccc(N=Cc2ccc(OC)cc2OCOc2ccccc2)c(C)c1. The summed E-state index contributed by atoms with van der Waals surface area (Å²) in [6.07, 6.45) is 1.78. The van der Waals surface area contributed by atoms with E-state index in [4.69, 9.17) is 14.2 Å². The maximum absolute atomic E-state index is 9.26. The molecule has 0 fully saturated rings. The topological polar surface area (TPSA) is 63.5 Å². The number of aliphatic hydroxyl groups excluding tert-OH is 1. The average Bonchev–Trinajstić information content (AvgIpc) is 2.83. The first-order chi connectivity index (χ1) is 15.6. The Bertz CT molecular complexity index is 1020. The van der Waals surface area contributed by atoms with E-state index >= 15 is 0 Å². The Morgan fingerprint density at radius 3 is 2.47 bits per heavy atom. The lowest BCUT2D eigenvalue weighted by Crippen LogP contribution is -2.26. The van der Waals surface area contributed by atoms with Crippen LogP contribution in [0, 0.1) is 6.92 Å². The van der Waals surface area contributed by atoms with Crippen molar-refractivity contribution >= 4 is 17.6 Å². The van der Waals surface area contributed by atoms with E-state index in [9.17, 15) is 5.11 Å². The monoisotopic (exact) mass is 434 g/mol. The molecule has 0 spiro atoms. The average molecular weight is 435 g/mol. The maximum atomic E-state index is 9.26. The molecule has 0 unspecified atom stereocenters. The minimum Gasteiger partial charge on any atom is -0.497 e. The number of nitrogens with zero attached hydrogens (tertiary/aromatic N) is 2. The second-order valence-corrected chi connectivity index (χ2v) is 7.16. The van der Waals surface area contributed by atoms with Crippen LogP contribution in [0.15, 0.2) is 71.7 Å². The first-order valence-electron chi connectivity index (χ1n) is 10.6. The van der Waals surface area contributed by atoms with Crippen molar-refractivity contribution in [3.05, 3.63) is 77.9 Å². The third-order valence-corrected chi connectivity index (χ3v) is 5.04. The first-order valence-corrected chi connectivity index (χ1v) is 10.6. The fraction of sp³-hybridized carbons (Fsp3) is 0.269. The fourth-order valence-corrected chi connectivity index (χ4v) is 3.26. The van der Waals surface area contributed by atoms with Gasteiger partial charge in [-0.2, -0.15) is 0 Å². The van der Waals surface area contributed by atoms with Crippen molar-refractivity contribution in [2.45, 2.75) is 13.8 Å². The lowest BCUT2D eigenvalue weighted by atomic mass is 10.1. The Morgan fingerprint density at radius 2 is 1.78 bits per heavy atom. The molecule has 3 aromatic carbocycles. The van der Waals surface area contributed by atoms with E-state index in [1.807, 2.05) is 67.6 Å². The summed E-state index contributed by atoms with van der Waals surface area (Å²) >= 11 is 0. The highest BCUT2D eigenvalue weighted by atomic mass is 16.7. The van der Waals surface area contributed by atoms with E-state index in [2.05, 4.69) is 22.9 Å². The van der Waals surface area contributed by atoms with Crippen LogP contribution in [0.1, 0.15) is 18.1 Å². The Labute approximate surface area is 189 Å². The molecule has 3 rings (SSSR count). The Hall–Kier alpha value is -3.51. The molecule has 0 amide bonds. The number of para-hydroxylation sites is 1. The molecule has 0 radical (unpaired) electrons. The zero-order valence-corrected chi connectivity index (χ0v) is 18.8. The number of likely N-dealkylation sites (N-methyl/N-ethyl adjacent to an activating group) is 1. The fourth-order valence-electron chi connectivity index (χ4n) is 3.26. The van der Waals surface area contributed by atoms with E-state index < -0.39 is 0 Å². The Morgan fingerprint density at radius 1 is 0.969 bits per heavy atom. The van der Waals surface area contributed by atoms with Crippen LogP contribution in [0.4, 0.5) is 11.4 Å². The van der Waals surface area contributed by atoms with Crippen molar-refractivity contribution in [1.29, 1.82) is 0 Å². The van der Waals surface area contributed by atoms with Crippen LogP contribution in [0.3, 0.4) is 0 Å². The molecule has 1 N–H and O–H groups in total. The van der Waals surface area contributed by atoms with Crippen LogP contribution in [0.2, 0.25) is 0 Å². The van der Waals surface area contributed by atoms with Gasteiger partial charge in [0.2, 0.25) is 6.79 Å². The third kappa shape index (κ3) is 6.25. The number of anilines is 1. The van der Waals surface area contributed by atoms with Crippen LogP contribution in [0.25, 0.3) is 0 Å². The molecular formula is C26H30N2O4. The standard InChI is InChI=1S/C26H30N2O4/c1-4-28(14-15-29)22-11-13-25(20(2)16-22)27-18-21-10-12-24(30-3)17-26(21)32-19-31-23-8-6-5-7-9-23/h5-13,16-18,29H,4,14-15,19H2,1-3H3. The van der Waals surface area contributed by atoms with Crippen molar-refractivity contribution < 1.29 is 19.3 Å². The number of hydrogen-bond donors (Lipinski definition) is 1. The van der Waals surface area contributed by atoms with Gasteiger partial charge in [-0.3, -0.25) is 4.99 Å². The van der Waals surface area contributed by atoms with E-state index in [-0.39, 0.29) is 13.4 Å². The van der Waals surface area contributed by atoms with E-state index in [0.717, 1.165) is 34.8 Å². The second kappa shape index (κ2) is 11.8. The molecule has 32 heavy (non-hydrogen) atoms. The second-order valence-electron chi connectivity index (χ2n) is 7.16. The van der Waals surface area contributed by atoms with Crippen LogP contribution < -0.4 is 19.1 Å². The molecule has 0 heterocycles. The highest BCUT2D eigenvalue weighted by Crippen LogP contribution is 2.27. The number of hydrogen-bond acceptors (Lipinski definition) is 6. The summed E-state index contributed by atoms with van der Waals surface area (Å²) < 4.78 is 16.9. The molecule has 168 valence electrons. The molecule has 0 atom stereocenters. The molecule has 6 nitrogen and oxygen atoms in total. The zero-order chi connectivity index (χ0) is 22.8. The minimum atomic E-state index is 0.0729. The van der Waals surface area contributed by atoms with Crippen molar-refractivity contribution in [2.75, 3.05) is 38.5 Å². The molecule has 0 aliphatic carbocycles. The zero-order valence-electron chi connectivity index (χ0n) is 18.8. The molecule has 0 aliphatic rings. The number of aryl methyl sites for hydroxylation is 1. The summed E-state index contributed by atoms with van der Waals surface area (Å²) in [5, 5.41) is 9.26. The molecule has 0 aromatic heterocycles. The van der Waals surface area contributed by atoms with Gasteiger partial charge < -0.3 is 24.2 Å². The van der Waals surface area contributed by atoms with Crippen molar-refractivity contribution in [3.8, 4) is 17.2 Å². The highest BCUT2D eigenvalue weighted by molar-refractivity contribution is 5.86. The number of methoxy groups -OCH3 is 1. The highest BCUT2D eigenvalue weighted by Gasteiger charge is 2.08. The van der Waals surface area contributed by atoms with Gasteiger partial charge in [0.25, 0.3) is 0 Å². The van der Waals surface area contributed by atoms with Gasteiger partial charge in [-0.15, -0.1) is 0 Å². The summed E-state index contributed by atoms with van der Waals surface area (Å²) in [6, 6.07) is 21.2. The van der Waals surface area contributed by atoms with Crippen LogP contribution >= 0.6 is 0 Å². The van der Waals surface area contributed by atoms with Gasteiger partial charge in [-0.05, 0) is 61.9 Å². The van der Waals surface area contributed by atoms with Crippen LogP contribution in [-0.4, -0.2) is 44.9 Å². The number of rotatable bonds is 11. The van der Waals surface area contributed by atoms with Gasteiger partial charge in [-0.1, -0.05) is 18.2 Å². The van der Waals surface area contributed by atoms with Crippen molar-refractivity contribution in [1.82, 2.24) is 0 Å². The maximum Gasteiger partial charge on any atom is 0.230 e. The quantitative estimate of drug-likeness (QED) is 0.340. The normalized spacial score (nSPS) is 10.9. The lowest BCUT2D eigenvalue weighted by Gasteiger charge is -2.22. The Balaban J connectivity index is 1.75. The predicted octanol–water partition coefficient (Wildman–Crippen LogP) is 4.99. The summed E-state index contributed by atoms with van der Waals surface area (Å²) in [4.78, 5) is 6.80. The van der Waals surface area contributed by atoms with Crippen LogP contribution in [-0.2, 0) is 0 Å². The number of aliphatic hydroxyl groups is 1. The smallest absolute Gasteiger partial charge is 0.230 e. The van der Waals surface area contributed by atoms with Gasteiger partial charge in [-0.25, -0.2) is 0 Å². The number of benzene rings is 3. The molecular weight excluding hydrogens is 404 g/mol. The first kappa shape index (κ1) is 23.2. The van der Waals surface area contributed by atoms with Crippen molar-refractivity contribution in [2.24, 2.45) is 4.99 Å². The molecule has 3 aromatic rings. The number of aliphatic imine (C=N–C) groups is 1. The number of ether oxygens (including phenoxy) is 3. The van der Waals surface area contributed by atoms with Gasteiger partial charge in [0.1, 0.15) is 17.2 Å². The third-order valence-electron chi connectivity index (χ3n) is 5.04. The van der Waals surface area contributed by atoms with E-state index in [1.54, 1.807) is 13.3 Å². The lowest BCUT2D eigenvalue weighted by molar-refractivity contribution is 0.119. The molecule has 0 saturated heterocycles. The molecule has 6 heteroatoms. The van der Waals surface area contributed by atoms with Gasteiger partial charge in [0.15, 0.2) is 0 Å². The van der Waals surface area contributed by atoms with Crippen molar-refractivity contribution in [3.63, 3.8) is 0 Å². The summed E-state index contributed by atoms with van der Waals surface area (Å²) in [7, 11) is 1.62. The predicted molar refractivity (Wildman–Crippen MR) is 129 cm³/mol. The van der Waals surface area contributed by atoms with Gasteiger partial charge in [0.05, 0.1) is 19.4 Å². The molecule has 0 aliphatic heterocycles.